The molecule has 0 saturated carbocycles. The number of amides is 2. The third-order valence-corrected chi connectivity index (χ3v) is 2.61. The zero-order chi connectivity index (χ0) is 11.5. The van der Waals surface area contributed by atoms with Gasteiger partial charge in [-0.3, -0.25) is 0 Å². The Kier molecular flexibility index (Phi) is 3.97. The van der Waals surface area contributed by atoms with Crippen molar-refractivity contribution in [3.63, 3.8) is 0 Å². The lowest BCUT2D eigenvalue weighted by atomic mass is 10.1. The fourth-order valence-electron chi connectivity index (χ4n) is 1.89. The fourth-order valence-corrected chi connectivity index (χ4v) is 1.89. The molecule has 1 aliphatic rings. The highest BCUT2D eigenvalue weighted by molar-refractivity contribution is 5.74. The minimum absolute atomic E-state index is 0.0668. The van der Waals surface area contributed by atoms with E-state index < -0.39 is 5.60 Å². The van der Waals surface area contributed by atoms with Crippen LogP contribution < -0.4 is 0 Å². The second-order valence-corrected chi connectivity index (χ2v) is 4.80. The second-order valence-electron chi connectivity index (χ2n) is 4.80. The molecule has 15 heavy (non-hydrogen) atoms. The molecule has 0 atom stereocenters. The third-order valence-electron chi connectivity index (χ3n) is 2.61. The molecule has 0 aromatic rings. The summed E-state index contributed by atoms with van der Waals surface area (Å²) in [5.41, 5.74) is -0.814. The smallest absolute Gasteiger partial charge is 0.320 e. The number of likely N-dealkylation sites (tertiary alicyclic amines) is 1. The van der Waals surface area contributed by atoms with Crippen LogP contribution in [0.3, 0.4) is 0 Å². The predicted molar refractivity (Wildman–Crippen MR) is 59.7 cm³/mol. The molecule has 88 valence electrons. The Morgan fingerprint density at radius 1 is 1.40 bits per heavy atom. The Morgan fingerprint density at radius 2 is 1.93 bits per heavy atom. The van der Waals surface area contributed by atoms with Gasteiger partial charge in [-0.05, 0) is 33.6 Å². The van der Waals surface area contributed by atoms with Crippen LogP contribution in [-0.2, 0) is 0 Å². The van der Waals surface area contributed by atoms with E-state index in [1.54, 1.807) is 18.7 Å². The van der Waals surface area contributed by atoms with Crippen LogP contribution in [0.15, 0.2) is 0 Å². The highest BCUT2D eigenvalue weighted by Crippen LogP contribution is 2.13. The van der Waals surface area contributed by atoms with Crippen molar-refractivity contribution in [2.75, 3.05) is 26.2 Å². The first-order valence-corrected chi connectivity index (χ1v) is 5.70. The molecule has 4 heteroatoms. The zero-order valence-electron chi connectivity index (χ0n) is 9.99. The van der Waals surface area contributed by atoms with Crippen LogP contribution in [0.4, 0.5) is 4.79 Å². The van der Waals surface area contributed by atoms with E-state index in [-0.39, 0.29) is 6.03 Å². The van der Waals surface area contributed by atoms with Gasteiger partial charge in [0.15, 0.2) is 0 Å². The van der Waals surface area contributed by atoms with Crippen LogP contribution >= 0.6 is 0 Å². The third kappa shape index (κ3) is 3.70. The van der Waals surface area contributed by atoms with Gasteiger partial charge in [-0.2, -0.15) is 0 Å². The summed E-state index contributed by atoms with van der Waals surface area (Å²) in [5.74, 6) is 0. The quantitative estimate of drug-likeness (QED) is 0.769. The average molecular weight is 214 g/mol. The first-order chi connectivity index (χ1) is 6.94. The molecule has 0 spiro atoms. The molecule has 1 aliphatic heterocycles. The van der Waals surface area contributed by atoms with E-state index in [2.05, 4.69) is 0 Å². The molecule has 1 N–H and O–H groups in total. The van der Waals surface area contributed by atoms with Crippen LogP contribution in [0.25, 0.3) is 0 Å². The van der Waals surface area contributed by atoms with Crippen LogP contribution in [-0.4, -0.2) is 52.7 Å². The van der Waals surface area contributed by atoms with E-state index in [0.717, 1.165) is 25.9 Å². The van der Waals surface area contributed by atoms with E-state index in [1.807, 2.05) is 11.8 Å². The van der Waals surface area contributed by atoms with Crippen LogP contribution in [0.2, 0.25) is 0 Å². The van der Waals surface area contributed by atoms with Crippen molar-refractivity contribution in [3.05, 3.63) is 0 Å². The highest BCUT2D eigenvalue weighted by atomic mass is 16.3. The summed E-state index contributed by atoms with van der Waals surface area (Å²) in [4.78, 5) is 15.6. The molecular weight excluding hydrogens is 192 g/mol. The van der Waals surface area contributed by atoms with Gasteiger partial charge in [-0.1, -0.05) is 0 Å². The number of aliphatic hydroxyl groups is 1. The van der Waals surface area contributed by atoms with Gasteiger partial charge >= 0.3 is 6.03 Å². The maximum atomic E-state index is 12.0. The summed E-state index contributed by atoms with van der Waals surface area (Å²) >= 11 is 0. The lowest BCUT2D eigenvalue weighted by molar-refractivity contribution is 0.0427. The van der Waals surface area contributed by atoms with Gasteiger partial charge in [0.05, 0.1) is 12.1 Å². The summed E-state index contributed by atoms with van der Waals surface area (Å²) in [6.45, 7) is 8.18. The number of rotatable bonds is 3. The van der Waals surface area contributed by atoms with E-state index >= 15 is 0 Å². The lowest BCUT2D eigenvalue weighted by Gasteiger charge is -2.31. The molecule has 1 fully saturated rings. The minimum Gasteiger partial charge on any atom is -0.389 e. The number of urea groups is 1. The van der Waals surface area contributed by atoms with Gasteiger partial charge in [0.1, 0.15) is 0 Å². The van der Waals surface area contributed by atoms with Gasteiger partial charge in [0.25, 0.3) is 0 Å². The molecular formula is C11H22N2O2. The molecule has 4 nitrogen and oxygen atoms in total. The Morgan fingerprint density at radius 3 is 2.33 bits per heavy atom. The molecule has 0 aromatic carbocycles. The predicted octanol–water partition coefficient (Wildman–Crippen LogP) is 1.29. The van der Waals surface area contributed by atoms with Crippen molar-refractivity contribution in [1.82, 2.24) is 9.80 Å². The molecule has 1 rings (SSSR count). The van der Waals surface area contributed by atoms with E-state index in [0.29, 0.717) is 13.1 Å². The summed E-state index contributed by atoms with van der Waals surface area (Å²) in [6.07, 6.45) is 2.21. The maximum absolute atomic E-state index is 12.0. The number of hydrogen-bond acceptors (Lipinski definition) is 2. The van der Waals surface area contributed by atoms with Crippen LogP contribution in [0, 0.1) is 0 Å². The van der Waals surface area contributed by atoms with Crippen LogP contribution in [0.1, 0.15) is 33.6 Å². The molecule has 1 heterocycles. The largest absolute Gasteiger partial charge is 0.389 e. The first kappa shape index (κ1) is 12.3. The standard InChI is InChI=1S/C11H22N2O2/c1-4-12(9-11(2,3)15)10(14)13-7-5-6-8-13/h15H,4-9H2,1-3H3. The van der Waals surface area contributed by atoms with Crippen molar-refractivity contribution < 1.29 is 9.90 Å². The summed E-state index contributed by atoms with van der Waals surface area (Å²) < 4.78 is 0. The normalized spacial score (nSPS) is 16.9. The van der Waals surface area contributed by atoms with Gasteiger partial charge in [0, 0.05) is 19.6 Å². The van der Waals surface area contributed by atoms with E-state index in [1.165, 1.54) is 0 Å². The average Bonchev–Trinajstić information content (AvgIpc) is 2.64. The number of hydrogen-bond donors (Lipinski definition) is 1. The van der Waals surface area contributed by atoms with Crippen molar-refractivity contribution in [3.8, 4) is 0 Å². The van der Waals surface area contributed by atoms with Gasteiger partial charge in [-0.15, -0.1) is 0 Å². The molecule has 0 radical (unpaired) electrons. The monoisotopic (exact) mass is 214 g/mol. The first-order valence-electron chi connectivity index (χ1n) is 5.70. The molecule has 0 unspecified atom stereocenters. The van der Waals surface area contributed by atoms with Gasteiger partial charge < -0.3 is 14.9 Å². The SMILES string of the molecule is CCN(CC(C)(C)O)C(=O)N1CCCC1. The zero-order valence-corrected chi connectivity index (χ0v) is 9.99. The molecule has 1 saturated heterocycles. The van der Waals surface area contributed by atoms with E-state index in [9.17, 15) is 9.90 Å². The minimum atomic E-state index is -0.814. The highest BCUT2D eigenvalue weighted by Gasteiger charge is 2.26. The summed E-state index contributed by atoms with van der Waals surface area (Å²) in [7, 11) is 0. The molecule has 0 aromatic heterocycles. The van der Waals surface area contributed by atoms with Gasteiger partial charge in [-0.25, -0.2) is 4.79 Å². The molecule has 0 bridgehead atoms. The Hall–Kier alpha value is -0.770. The number of carbonyl (C=O) groups is 1. The van der Waals surface area contributed by atoms with Crippen molar-refractivity contribution >= 4 is 6.03 Å². The maximum Gasteiger partial charge on any atom is 0.320 e. The van der Waals surface area contributed by atoms with Crippen molar-refractivity contribution in [2.24, 2.45) is 0 Å². The van der Waals surface area contributed by atoms with Gasteiger partial charge in [0.2, 0.25) is 0 Å². The summed E-state index contributed by atoms with van der Waals surface area (Å²) in [6, 6.07) is 0.0668. The van der Waals surface area contributed by atoms with E-state index in [4.69, 9.17) is 0 Å². The molecule has 0 aliphatic carbocycles. The number of nitrogens with zero attached hydrogens (tertiary/aromatic N) is 2. The second kappa shape index (κ2) is 4.84. The lowest BCUT2D eigenvalue weighted by Crippen LogP contribution is -2.47. The number of carbonyl (C=O) groups excluding carboxylic acids is 1. The topological polar surface area (TPSA) is 43.8 Å². The van der Waals surface area contributed by atoms with Crippen molar-refractivity contribution in [1.29, 1.82) is 0 Å². The Balaban J connectivity index is 2.53. The van der Waals surface area contributed by atoms with Crippen molar-refractivity contribution in [2.45, 2.75) is 39.2 Å². The Labute approximate surface area is 91.9 Å². The number of likely N-dealkylation sites (N-methyl/N-ethyl adjacent to an activating group) is 1. The fraction of sp³-hybridized carbons (Fsp3) is 0.909. The summed E-state index contributed by atoms with van der Waals surface area (Å²) in [5, 5.41) is 9.70. The Bertz CT molecular complexity index is 217. The molecule has 2 amide bonds. The van der Waals surface area contributed by atoms with Crippen LogP contribution in [0.5, 0.6) is 0 Å².